The Kier molecular flexibility index (Phi) is 5.23. The van der Waals surface area contributed by atoms with Crippen molar-refractivity contribution < 1.29 is 44.5 Å². The highest BCUT2D eigenvalue weighted by molar-refractivity contribution is 5.88. The number of phenolic OH excluding ortho intramolecular Hbond substituents is 2. The van der Waals surface area contributed by atoms with Crippen LogP contribution in [-0.4, -0.2) is 61.3 Å². The first-order chi connectivity index (χ1) is 14.7. The van der Waals surface area contributed by atoms with Crippen molar-refractivity contribution >= 4 is 11.0 Å². The van der Waals surface area contributed by atoms with Crippen molar-refractivity contribution in [3.63, 3.8) is 0 Å². The van der Waals surface area contributed by atoms with E-state index in [2.05, 4.69) is 0 Å². The molecule has 10 nitrogen and oxygen atoms in total. The first-order valence-corrected chi connectivity index (χ1v) is 9.36. The van der Waals surface area contributed by atoms with Crippen LogP contribution >= 0.6 is 0 Å². The molecule has 0 spiro atoms. The molecule has 0 bridgehead atoms. The first-order valence-electron chi connectivity index (χ1n) is 9.36. The van der Waals surface area contributed by atoms with Crippen molar-refractivity contribution in [3.05, 3.63) is 46.6 Å². The van der Waals surface area contributed by atoms with E-state index in [4.69, 9.17) is 13.9 Å². The van der Waals surface area contributed by atoms with Gasteiger partial charge in [0, 0.05) is 17.7 Å². The lowest BCUT2D eigenvalue weighted by atomic mass is 10.00. The molecule has 10 heteroatoms. The number of rotatable bonds is 3. The number of aliphatic hydroxyl groups excluding tert-OH is 3. The second-order valence-corrected chi connectivity index (χ2v) is 7.27. The molecular weight excluding hydrogens is 412 g/mol. The van der Waals surface area contributed by atoms with E-state index in [1.807, 2.05) is 0 Å². The van der Waals surface area contributed by atoms with E-state index < -0.39 is 47.6 Å². The second-order valence-electron chi connectivity index (χ2n) is 7.27. The molecule has 164 valence electrons. The largest absolute Gasteiger partial charge is 0.508 e. The summed E-state index contributed by atoms with van der Waals surface area (Å²) in [5.41, 5.74) is -0.702. The molecule has 1 fully saturated rings. The Balaban J connectivity index is 1.76. The maximum atomic E-state index is 12.6. The minimum absolute atomic E-state index is 0.0210. The molecule has 1 aromatic heterocycles. The summed E-state index contributed by atoms with van der Waals surface area (Å²) in [6.07, 6.45) is -6.62. The zero-order chi connectivity index (χ0) is 22.4. The molecule has 0 radical (unpaired) electrons. The molecule has 1 aliphatic heterocycles. The number of fused-ring (bicyclic) bond motifs is 1. The highest BCUT2D eigenvalue weighted by Gasteiger charge is 2.43. The molecule has 31 heavy (non-hydrogen) atoms. The lowest BCUT2D eigenvalue weighted by Crippen LogP contribution is -2.58. The van der Waals surface area contributed by atoms with E-state index in [-0.39, 0.29) is 28.2 Å². The van der Waals surface area contributed by atoms with Gasteiger partial charge in [-0.3, -0.25) is 4.79 Å². The van der Waals surface area contributed by atoms with Crippen LogP contribution in [0.2, 0.25) is 0 Å². The lowest BCUT2D eigenvalue weighted by molar-refractivity contribution is -0.268. The quantitative estimate of drug-likeness (QED) is 0.348. The summed E-state index contributed by atoms with van der Waals surface area (Å²) in [6.45, 7) is 1.49. The molecule has 3 aromatic rings. The van der Waals surface area contributed by atoms with Gasteiger partial charge in [-0.25, -0.2) is 0 Å². The van der Waals surface area contributed by atoms with Crippen LogP contribution in [0, 0.1) is 0 Å². The maximum Gasteiger partial charge on any atom is 0.238 e. The SMILES string of the molecule is C[C@H]1O[C@@H](Oc2cc(O)c3c(=O)c(O)c(-c4ccc(O)cc4)oc3c2)[C@H](O)[C@H](O)[C@@H]1O. The number of hydrogen-bond acceptors (Lipinski definition) is 10. The van der Waals surface area contributed by atoms with Gasteiger partial charge >= 0.3 is 0 Å². The third kappa shape index (κ3) is 3.66. The first kappa shape index (κ1) is 20.9. The summed E-state index contributed by atoms with van der Waals surface area (Å²) in [4.78, 5) is 12.6. The fourth-order valence-corrected chi connectivity index (χ4v) is 3.39. The second kappa shape index (κ2) is 7.75. The summed E-state index contributed by atoms with van der Waals surface area (Å²) in [7, 11) is 0. The van der Waals surface area contributed by atoms with E-state index in [1.165, 1.54) is 37.3 Å². The zero-order valence-electron chi connectivity index (χ0n) is 16.2. The highest BCUT2D eigenvalue weighted by atomic mass is 16.7. The van der Waals surface area contributed by atoms with E-state index in [0.717, 1.165) is 6.07 Å². The van der Waals surface area contributed by atoms with Gasteiger partial charge in [-0.05, 0) is 31.2 Å². The smallest absolute Gasteiger partial charge is 0.238 e. The van der Waals surface area contributed by atoms with E-state index in [1.54, 1.807) is 0 Å². The van der Waals surface area contributed by atoms with Gasteiger partial charge in [0.1, 0.15) is 46.5 Å². The Bertz CT molecular complexity index is 1170. The van der Waals surface area contributed by atoms with Crippen LogP contribution in [0.1, 0.15) is 6.92 Å². The predicted molar refractivity (Wildman–Crippen MR) is 106 cm³/mol. The lowest BCUT2D eigenvalue weighted by Gasteiger charge is -2.38. The van der Waals surface area contributed by atoms with Crippen LogP contribution in [0.3, 0.4) is 0 Å². The van der Waals surface area contributed by atoms with Crippen molar-refractivity contribution in [1.82, 2.24) is 0 Å². The third-order valence-electron chi connectivity index (χ3n) is 5.11. The number of phenols is 2. The fourth-order valence-electron chi connectivity index (χ4n) is 3.39. The Morgan fingerprint density at radius 1 is 0.935 bits per heavy atom. The molecule has 0 amide bonds. The topological polar surface area (TPSA) is 170 Å². The van der Waals surface area contributed by atoms with Gasteiger partial charge in [0.05, 0.1) is 6.10 Å². The summed E-state index contributed by atoms with van der Waals surface area (Å²) in [5, 5.41) is 59.6. The van der Waals surface area contributed by atoms with Crippen LogP contribution in [0.15, 0.2) is 45.6 Å². The van der Waals surface area contributed by atoms with Crippen LogP contribution in [0.5, 0.6) is 23.0 Å². The molecule has 0 unspecified atom stereocenters. The minimum atomic E-state index is -1.58. The highest BCUT2D eigenvalue weighted by Crippen LogP contribution is 2.36. The molecular formula is C21H20O10. The van der Waals surface area contributed by atoms with Crippen LogP contribution in [-0.2, 0) is 4.74 Å². The molecule has 4 rings (SSSR count). The fraction of sp³-hybridized carbons (Fsp3) is 0.286. The standard InChI is InChI=1S/C21H20O10/c1-8-15(24)17(26)19(28)21(29-8)30-11-6-12(23)14-13(7-11)31-20(18(27)16(14)25)9-2-4-10(22)5-3-9/h2-8,15,17,19,21-24,26-28H,1H3/t8-,15-,17-,19-,21+/m1/s1. The molecule has 0 aliphatic carbocycles. The summed E-state index contributed by atoms with van der Waals surface area (Å²) >= 11 is 0. The molecule has 6 N–H and O–H groups in total. The van der Waals surface area contributed by atoms with Gasteiger partial charge in [-0.1, -0.05) is 0 Å². The minimum Gasteiger partial charge on any atom is -0.508 e. The molecule has 2 heterocycles. The Morgan fingerprint density at radius 3 is 2.29 bits per heavy atom. The van der Waals surface area contributed by atoms with Crippen LogP contribution < -0.4 is 10.2 Å². The van der Waals surface area contributed by atoms with Crippen molar-refractivity contribution in [2.45, 2.75) is 37.6 Å². The number of hydrogen-bond donors (Lipinski definition) is 6. The zero-order valence-corrected chi connectivity index (χ0v) is 16.2. The van der Waals surface area contributed by atoms with Crippen molar-refractivity contribution in [2.24, 2.45) is 0 Å². The van der Waals surface area contributed by atoms with Gasteiger partial charge in [-0.15, -0.1) is 0 Å². The van der Waals surface area contributed by atoms with E-state index in [9.17, 15) is 35.4 Å². The molecule has 5 atom stereocenters. The van der Waals surface area contributed by atoms with Crippen LogP contribution in [0.25, 0.3) is 22.3 Å². The Hall–Kier alpha value is -3.31. The van der Waals surface area contributed by atoms with Gasteiger partial charge in [0.2, 0.25) is 17.5 Å². The van der Waals surface area contributed by atoms with Gasteiger partial charge in [0.15, 0.2) is 5.76 Å². The van der Waals surface area contributed by atoms with E-state index >= 15 is 0 Å². The Labute approximate surface area is 174 Å². The summed E-state index contributed by atoms with van der Waals surface area (Å²) in [6, 6.07) is 7.87. The van der Waals surface area contributed by atoms with Crippen molar-refractivity contribution in [1.29, 1.82) is 0 Å². The molecule has 1 saturated heterocycles. The normalized spacial score (nSPS) is 26.1. The Morgan fingerprint density at radius 2 is 1.61 bits per heavy atom. The predicted octanol–water partition coefficient (Wildman–Crippen LogP) is 0.783. The van der Waals surface area contributed by atoms with E-state index in [0.29, 0.717) is 5.56 Å². The average Bonchev–Trinajstić information content (AvgIpc) is 2.73. The summed E-state index contributed by atoms with van der Waals surface area (Å²) in [5.74, 6) is -1.54. The number of aliphatic hydroxyl groups is 3. The number of benzene rings is 2. The molecule has 2 aromatic carbocycles. The third-order valence-corrected chi connectivity index (χ3v) is 5.11. The van der Waals surface area contributed by atoms with Crippen LogP contribution in [0.4, 0.5) is 0 Å². The average molecular weight is 432 g/mol. The van der Waals surface area contributed by atoms with Gasteiger partial charge in [0.25, 0.3) is 0 Å². The maximum absolute atomic E-state index is 12.6. The van der Waals surface area contributed by atoms with Crippen molar-refractivity contribution in [2.75, 3.05) is 0 Å². The number of ether oxygens (including phenoxy) is 2. The monoisotopic (exact) mass is 432 g/mol. The molecule has 1 aliphatic rings. The number of aromatic hydroxyl groups is 3. The van der Waals surface area contributed by atoms with Gasteiger partial charge < -0.3 is 44.5 Å². The van der Waals surface area contributed by atoms with Gasteiger partial charge in [-0.2, -0.15) is 0 Å². The summed E-state index contributed by atoms with van der Waals surface area (Å²) < 4.78 is 16.5. The van der Waals surface area contributed by atoms with Crippen molar-refractivity contribution in [3.8, 4) is 34.3 Å². The molecule has 0 saturated carbocycles.